The third-order valence-electron chi connectivity index (χ3n) is 5.58. The zero-order valence-electron chi connectivity index (χ0n) is 19.2. The van der Waals surface area contributed by atoms with E-state index < -0.39 is 0 Å². The van der Waals surface area contributed by atoms with Gasteiger partial charge < -0.3 is 4.90 Å². The molecule has 0 heterocycles. The van der Waals surface area contributed by atoms with Crippen LogP contribution >= 0.6 is 0 Å². The molecule has 0 saturated carbocycles. The first-order valence-electron chi connectivity index (χ1n) is 12.5. The smallest absolute Gasteiger partial charge is 0.222 e. The molecule has 0 bridgehead atoms. The van der Waals surface area contributed by atoms with Crippen molar-refractivity contribution in [2.75, 3.05) is 13.1 Å². The lowest BCUT2D eigenvalue weighted by Gasteiger charge is -2.21. The van der Waals surface area contributed by atoms with Crippen molar-refractivity contribution in [2.45, 2.75) is 143 Å². The van der Waals surface area contributed by atoms with Crippen LogP contribution in [0.5, 0.6) is 0 Å². The second kappa shape index (κ2) is 21.8. The van der Waals surface area contributed by atoms with Crippen molar-refractivity contribution >= 4 is 5.91 Å². The molecule has 0 aliphatic rings. The van der Waals surface area contributed by atoms with Crippen LogP contribution in [0.2, 0.25) is 0 Å². The summed E-state index contributed by atoms with van der Waals surface area (Å²) in [5, 5.41) is 0. The van der Waals surface area contributed by atoms with E-state index >= 15 is 0 Å². The van der Waals surface area contributed by atoms with Crippen LogP contribution in [-0.2, 0) is 4.79 Å². The minimum absolute atomic E-state index is 0.379. The maximum absolute atomic E-state index is 12.2. The molecule has 0 aromatic carbocycles. The van der Waals surface area contributed by atoms with Gasteiger partial charge in [0, 0.05) is 19.5 Å². The maximum Gasteiger partial charge on any atom is 0.222 e. The quantitative estimate of drug-likeness (QED) is 0.183. The van der Waals surface area contributed by atoms with Gasteiger partial charge in [-0.25, -0.2) is 0 Å². The molecule has 0 aliphatic heterocycles. The van der Waals surface area contributed by atoms with Crippen molar-refractivity contribution < 1.29 is 4.79 Å². The summed E-state index contributed by atoms with van der Waals surface area (Å²) in [7, 11) is 0. The Balaban J connectivity index is 3.27. The Hall–Kier alpha value is -0.530. The molecule has 0 radical (unpaired) electrons. The molecule has 0 spiro atoms. The fourth-order valence-electron chi connectivity index (χ4n) is 3.88. The third-order valence-corrected chi connectivity index (χ3v) is 5.58. The van der Waals surface area contributed by atoms with Gasteiger partial charge in [-0.15, -0.1) is 0 Å². The molecule has 0 unspecified atom stereocenters. The summed E-state index contributed by atoms with van der Waals surface area (Å²) in [6.07, 6.45) is 25.1. The number of hydrogen-bond acceptors (Lipinski definition) is 1. The molecule has 0 aromatic heterocycles. The fraction of sp³-hybridized carbons (Fsp3) is 0.960. The molecular formula is C25H51NO. The molecule has 0 rings (SSSR count). The summed E-state index contributed by atoms with van der Waals surface area (Å²) in [6, 6.07) is 0. The fourth-order valence-corrected chi connectivity index (χ4v) is 3.88. The van der Waals surface area contributed by atoms with E-state index in [1.165, 1.54) is 96.3 Å². The van der Waals surface area contributed by atoms with Crippen molar-refractivity contribution in [3.8, 4) is 0 Å². The molecule has 27 heavy (non-hydrogen) atoms. The highest BCUT2D eigenvalue weighted by Gasteiger charge is 2.10. The molecule has 0 N–H and O–H groups in total. The summed E-state index contributed by atoms with van der Waals surface area (Å²) >= 11 is 0. The highest BCUT2D eigenvalue weighted by atomic mass is 16.2. The van der Waals surface area contributed by atoms with Gasteiger partial charge in [0.05, 0.1) is 0 Å². The predicted molar refractivity (Wildman–Crippen MR) is 121 cm³/mol. The summed E-state index contributed by atoms with van der Waals surface area (Å²) in [5.74, 6) is 0.379. The lowest BCUT2D eigenvalue weighted by molar-refractivity contribution is -0.131. The van der Waals surface area contributed by atoms with Crippen LogP contribution in [0.25, 0.3) is 0 Å². The standard InChI is InChI=1S/C25H51NO/c1-4-7-8-9-10-11-12-13-14-15-16-17-18-19-20-21-22-25(27)26(23-5-2)24-6-3/h4-24H2,1-3H3. The monoisotopic (exact) mass is 381 g/mol. The van der Waals surface area contributed by atoms with E-state index in [1.54, 1.807) is 0 Å². The van der Waals surface area contributed by atoms with Gasteiger partial charge in [-0.2, -0.15) is 0 Å². The van der Waals surface area contributed by atoms with E-state index in [-0.39, 0.29) is 0 Å². The molecule has 1 amide bonds. The van der Waals surface area contributed by atoms with E-state index in [9.17, 15) is 4.79 Å². The number of carbonyl (C=O) groups excluding carboxylic acids is 1. The second-order valence-electron chi connectivity index (χ2n) is 8.43. The van der Waals surface area contributed by atoms with Crippen molar-refractivity contribution in [2.24, 2.45) is 0 Å². The molecule has 2 heteroatoms. The Morgan fingerprint density at radius 1 is 0.481 bits per heavy atom. The first-order chi connectivity index (χ1) is 13.3. The molecule has 162 valence electrons. The van der Waals surface area contributed by atoms with E-state index in [1.807, 2.05) is 0 Å². The van der Waals surface area contributed by atoms with Crippen molar-refractivity contribution in [3.63, 3.8) is 0 Å². The first kappa shape index (κ1) is 26.5. The third kappa shape index (κ3) is 18.6. The van der Waals surface area contributed by atoms with Gasteiger partial charge in [0.2, 0.25) is 5.91 Å². The SMILES string of the molecule is CCCCCCCCCCCCCCCCCCC(=O)N(CCC)CCC. The lowest BCUT2D eigenvalue weighted by atomic mass is 10.0. The Labute approximate surface area is 171 Å². The highest BCUT2D eigenvalue weighted by Crippen LogP contribution is 2.14. The minimum Gasteiger partial charge on any atom is -0.343 e. The number of carbonyl (C=O) groups is 1. The zero-order chi connectivity index (χ0) is 20.0. The van der Waals surface area contributed by atoms with Gasteiger partial charge in [-0.3, -0.25) is 4.79 Å². The number of nitrogens with zero attached hydrogens (tertiary/aromatic N) is 1. The number of rotatable bonds is 21. The first-order valence-corrected chi connectivity index (χ1v) is 12.5. The van der Waals surface area contributed by atoms with Crippen LogP contribution in [0.15, 0.2) is 0 Å². The Bertz CT molecular complexity index is 297. The van der Waals surface area contributed by atoms with E-state index in [4.69, 9.17) is 0 Å². The molecule has 0 aromatic rings. The van der Waals surface area contributed by atoms with Gasteiger partial charge in [-0.1, -0.05) is 117 Å². The summed E-state index contributed by atoms with van der Waals surface area (Å²) in [4.78, 5) is 14.3. The van der Waals surface area contributed by atoms with Gasteiger partial charge >= 0.3 is 0 Å². The van der Waals surface area contributed by atoms with Crippen LogP contribution in [0.3, 0.4) is 0 Å². The average molecular weight is 382 g/mol. The van der Waals surface area contributed by atoms with Crippen LogP contribution in [-0.4, -0.2) is 23.9 Å². The molecule has 0 atom stereocenters. The van der Waals surface area contributed by atoms with Crippen molar-refractivity contribution in [1.29, 1.82) is 0 Å². The Kier molecular flexibility index (Phi) is 21.3. The Morgan fingerprint density at radius 2 is 0.815 bits per heavy atom. The normalized spacial score (nSPS) is 11.1. The largest absolute Gasteiger partial charge is 0.343 e. The molecular weight excluding hydrogens is 330 g/mol. The van der Waals surface area contributed by atoms with Crippen molar-refractivity contribution in [3.05, 3.63) is 0 Å². The number of amides is 1. The topological polar surface area (TPSA) is 20.3 Å². The van der Waals surface area contributed by atoms with E-state index in [0.29, 0.717) is 5.91 Å². The highest BCUT2D eigenvalue weighted by molar-refractivity contribution is 5.76. The van der Waals surface area contributed by atoms with Crippen LogP contribution in [0, 0.1) is 0 Å². The maximum atomic E-state index is 12.2. The molecule has 2 nitrogen and oxygen atoms in total. The van der Waals surface area contributed by atoms with Gasteiger partial charge in [-0.05, 0) is 19.3 Å². The molecule has 0 fully saturated rings. The van der Waals surface area contributed by atoms with Crippen LogP contribution in [0.1, 0.15) is 143 Å². The predicted octanol–water partition coefficient (Wildman–Crippen LogP) is 8.29. The van der Waals surface area contributed by atoms with E-state index in [0.717, 1.165) is 38.8 Å². The lowest BCUT2D eigenvalue weighted by Crippen LogP contribution is -2.32. The number of unbranched alkanes of at least 4 members (excludes halogenated alkanes) is 15. The summed E-state index contributed by atoms with van der Waals surface area (Å²) in [5.41, 5.74) is 0. The van der Waals surface area contributed by atoms with Crippen LogP contribution in [0.4, 0.5) is 0 Å². The van der Waals surface area contributed by atoms with Gasteiger partial charge in [0.15, 0.2) is 0 Å². The molecule has 0 saturated heterocycles. The summed E-state index contributed by atoms with van der Waals surface area (Å²) in [6.45, 7) is 8.47. The minimum atomic E-state index is 0.379. The second-order valence-corrected chi connectivity index (χ2v) is 8.43. The van der Waals surface area contributed by atoms with Crippen molar-refractivity contribution in [1.82, 2.24) is 4.90 Å². The van der Waals surface area contributed by atoms with E-state index in [2.05, 4.69) is 25.7 Å². The molecule has 0 aliphatic carbocycles. The van der Waals surface area contributed by atoms with Gasteiger partial charge in [0.1, 0.15) is 0 Å². The van der Waals surface area contributed by atoms with Gasteiger partial charge in [0.25, 0.3) is 0 Å². The summed E-state index contributed by atoms with van der Waals surface area (Å²) < 4.78 is 0. The number of hydrogen-bond donors (Lipinski definition) is 0. The van der Waals surface area contributed by atoms with Crippen LogP contribution < -0.4 is 0 Å². The Morgan fingerprint density at radius 3 is 1.15 bits per heavy atom. The average Bonchev–Trinajstić information content (AvgIpc) is 2.67. The zero-order valence-corrected chi connectivity index (χ0v) is 19.2.